The summed E-state index contributed by atoms with van der Waals surface area (Å²) in [6.45, 7) is 4.42. The Labute approximate surface area is 220 Å². The minimum atomic E-state index is -0.879. The highest BCUT2D eigenvalue weighted by atomic mass is 19.2. The molecule has 2 saturated carbocycles. The van der Waals surface area contributed by atoms with Crippen LogP contribution in [-0.4, -0.2) is 0 Å². The average molecular weight is 519 g/mol. The van der Waals surface area contributed by atoms with Gasteiger partial charge in [0.2, 0.25) is 0 Å². The van der Waals surface area contributed by atoms with Crippen LogP contribution in [0.2, 0.25) is 0 Å². The van der Waals surface area contributed by atoms with Gasteiger partial charge >= 0.3 is 0 Å². The molecule has 0 N–H and O–H groups in total. The van der Waals surface area contributed by atoms with Gasteiger partial charge in [0.25, 0.3) is 0 Å². The normalized spacial score (nSPS) is 26.1. The van der Waals surface area contributed by atoms with Gasteiger partial charge in [-0.15, -0.1) is 0 Å². The third-order valence-corrected chi connectivity index (χ3v) is 8.87. The van der Waals surface area contributed by atoms with Crippen molar-refractivity contribution in [1.82, 2.24) is 0 Å². The molecule has 0 amide bonds. The Balaban J connectivity index is 1.64. The van der Waals surface area contributed by atoms with Crippen LogP contribution in [0.4, 0.5) is 17.6 Å². The zero-order valence-corrected chi connectivity index (χ0v) is 22.3. The molecule has 2 atom stereocenters. The SMILES string of the molecule is CCC[C@H]1CC[C@H](C(OC(c2ccc(F)c(F)c2)[C@H]2CC[C@H](CCC)CC2)c2ccc(F)c(F)c2)CC1. The van der Waals surface area contributed by atoms with Crippen molar-refractivity contribution < 1.29 is 22.3 Å². The van der Waals surface area contributed by atoms with E-state index >= 15 is 0 Å². The van der Waals surface area contributed by atoms with Gasteiger partial charge in [0, 0.05) is 0 Å². The van der Waals surface area contributed by atoms with Crippen LogP contribution in [0, 0.1) is 46.9 Å². The quantitative estimate of drug-likeness (QED) is 0.284. The summed E-state index contributed by atoms with van der Waals surface area (Å²) in [6, 6.07) is 8.12. The first-order valence-corrected chi connectivity index (χ1v) is 14.4. The third kappa shape index (κ3) is 7.16. The van der Waals surface area contributed by atoms with Crippen LogP contribution in [0.1, 0.15) is 114 Å². The first-order valence-electron chi connectivity index (χ1n) is 14.4. The number of rotatable bonds is 10. The largest absolute Gasteiger partial charge is 0.365 e. The second-order valence-corrected chi connectivity index (χ2v) is 11.5. The van der Waals surface area contributed by atoms with Gasteiger partial charge in [0.15, 0.2) is 23.3 Å². The standard InChI is InChI=1S/C32H42F4O/c1-3-5-21-7-11-23(12-8-21)31(25-15-17-27(33)29(35)19-25)37-32(26-16-18-28(34)30(36)20-26)24-13-9-22(6-4-2)10-14-24/h15-24,31-32H,3-14H2,1-2H3/t21-,22-,23-,24-,31?,32?. The van der Waals surface area contributed by atoms with Crippen molar-refractivity contribution in [2.45, 2.75) is 103 Å². The van der Waals surface area contributed by atoms with Gasteiger partial charge in [-0.1, -0.05) is 77.3 Å². The molecule has 5 heteroatoms. The lowest BCUT2D eigenvalue weighted by atomic mass is 9.75. The van der Waals surface area contributed by atoms with E-state index < -0.39 is 35.5 Å². The van der Waals surface area contributed by atoms with E-state index in [-0.39, 0.29) is 11.8 Å². The van der Waals surface area contributed by atoms with Crippen molar-refractivity contribution in [3.63, 3.8) is 0 Å². The first-order chi connectivity index (χ1) is 17.9. The number of hydrogen-bond donors (Lipinski definition) is 0. The van der Waals surface area contributed by atoms with Crippen LogP contribution in [-0.2, 0) is 4.74 Å². The molecule has 0 heterocycles. The Morgan fingerprint density at radius 2 is 0.973 bits per heavy atom. The smallest absolute Gasteiger partial charge is 0.159 e. The number of hydrogen-bond acceptors (Lipinski definition) is 1. The number of halogens is 4. The maximum absolute atomic E-state index is 14.4. The van der Waals surface area contributed by atoms with E-state index in [1.165, 1.54) is 37.1 Å². The van der Waals surface area contributed by atoms with Crippen LogP contribution in [0.3, 0.4) is 0 Å². The molecule has 2 fully saturated rings. The second-order valence-electron chi connectivity index (χ2n) is 11.5. The maximum atomic E-state index is 14.4. The third-order valence-electron chi connectivity index (χ3n) is 8.87. The molecule has 4 rings (SSSR count). The van der Waals surface area contributed by atoms with Crippen molar-refractivity contribution in [3.05, 3.63) is 70.8 Å². The molecular formula is C32H42F4O. The molecule has 0 bridgehead atoms. The fourth-order valence-corrected chi connectivity index (χ4v) is 6.84. The van der Waals surface area contributed by atoms with Gasteiger partial charge in [0.1, 0.15) is 0 Å². The van der Waals surface area contributed by atoms with Crippen LogP contribution in [0.15, 0.2) is 36.4 Å². The van der Waals surface area contributed by atoms with Gasteiger partial charge in [-0.25, -0.2) is 17.6 Å². The van der Waals surface area contributed by atoms with Crippen molar-refractivity contribution >= 4 is 0 Å². The molecule has 2 aromatic carbocycles. The fourth-order valence-electron chi connectivity index (χ4n) is 6.84. The highest BCUT2D eigenvalue weighted by Gasteiger charge is 2.36. The van der Waals surface area contributed by atoms with Crippen molar-refractivity contribution in [3.8, 4) is 0 Å². The Bertz CT molecular complexity index is 913. The lowest BCUT2D eigenvalue weighted by Crippen LogP contribution is -2.28. The van der Waals surface area contributed by atoms with Crippen LogP contribution in [0.5, 0.6) is 0 Å². The lowest BCUT2D eigenvalue weighted by molar-refractivity contribution is -0.0909. The molecule has 37 heavy (non-hydrogen) atoms. The predicted molar refractivity (Wildman–Crippen MR) is 140 cm³/mol. The van der Waals surface area contributed by atoms with Gasteiger partial charge < -0.3 is 4.74 Å². The summed E-state index contributed by atoms with van der Waals surface area (Å²) in [5.74, 6) is -1.78. The highest BCUT2D eigenvalue weighted by molar-refractivity contribution is 5.24. The minimum absolute atomic E-state index is 0.169. The fraction of sp³-hybridized carbons (Fsp3) is 0.625. The average Bonchev–Trinajstić information content (AvgIpc) is 2.90. The zero-order valence-electron chi connectivity index (χ0n) is 22.3. The Morgan fingerprint density at radius 3 is 1.30 bits per heavy atom. The molecule has 2 aliphatic rings. The lowest BCUT2D eigenvalue weighted by Gasteiger charge is -2.40. The van der Waals surface area contributed by atoms with E-state index in [0.717, 1.165) is 64.2 Å². The topological polar surface area (TPSA) is 9.23 Å². The van der Waals surface area contributed by atoms with Crippen LogP contribution in [0.25, 0.3) is 0 Å². The van der Waals surface area contributed by atoms with Gasteiger partial charge in [-0.2, -0.15) is 0 Å². The molecule has 1 nitrogen and oxygen atoms in total. The molecule has 2 aliphatic carbocycles. The molecule has 0 spiro atoms. The summed E-state index contributed by atoms with van der Waals surface area (Å²) in [5, 5.41) is 0. The van der Waals surface area contributed by atoms with E-state index in [1.807, 2.05) is 0 Å². The summed E-state index contributed by atoms with van der Waals surface area (Å²) in [7, 11) is 0. The van der Waals surface area contributed by atoms with Gasteiger partial charge in [-0.3, -0.25) is 0 Å². The first kappa shape index (κ1) is 28.1. The monoisotopic (exact) mass is 518 g/mol. The predicted octanol–water partition coefficient (Wildman–Crippen LogP) is 10.3. The molecule has 0 saturated heterocycles. The molecule has 204 valence electrons. The summed E-state index contributed by atoms with van der Waals surface area (Å²) in [4.78, 5) is 0. The maximum Gasteiger partial charge on any atom is 0.159 e. The molecule has 2 aromatic rings. The van der Waals surface area contributed by atoms with E-state index in [9.17, 15) is 17.6 Å². The van der Waals surface area contributed by atoms with Crippen molar-refractivity contribution in [2.24, 2.45) is 23.7 Å². The van der Waals surface area contributed by atoms with Gasteiger partial charge in [0.05, 0.1) is 12.2 Å². The molecule has 0 aromatic heterocycles. The van der Waals surface area contributed by atoms with E-state index in [1.54, 1.807) is 12.1 Å². The summed E-state index contributed by atoms with van der Waals surface area (Å²) >= 11 is 0. The Hall–Kier alpha value is -1.88. The molecule has 0 aliphatic heterocycles. The van der Waals surface area contributed by atoms with E-state index in [4.69, 9.17) is 4.74 Å². The summed E-state index contributed by atoms with van der Waals surface area (Å²) in [5.41, 5.74) is 1.26. The van der Waals surface area contributed by atoms with Crippen LogP contribution >= 0.6 is 0 Å². The second kappa shape index (κ2) is 13.3. The summed E-state index contributed by atoms with van der Waals surface area (Å²) < 4.78 is 63.3. The summed E-state index contributed by atoms with van der Waals surface area (Å²) in [6.07, 6.45) is 12.1. The van der Waals surface area contributed by atoms with E-state index in [0.29, 0.717) is 23.0 Å². The number of ether oxygens (including phenoxy) is 1. The minimum Gasteiger partial charge on any atom is -0.365 e. The number of benzene rings is 2. The van der Waals surface area contributed by atoms with Gasteiger partial charge in [-0.05, 0) is 84.7 Å². The molecule has 2 unspecified atom stereocenters. The highest BCUT2D eigenvalue weighted by Crippen LogP contribution is 2.47. The zero-order chi connectivity index (χ0) is 26.4. The molecule has 0 radical (unpaired) electrons. The van der Waals surface area contributed by atoms with Crippen molar-refractivity contribution in [2.75, 3.05) is 0 Å². The molecular weight excluding hydrogens is 476 g/mol. The Morgan fingerprint density at radius 1 is 0.595 bits per heavy atom. The Kier molecular flexibility index (Phi) is 10.1. The van der Waals surface area contributed by atoms with E-state index in [2.05, 4.69) is 13.8 Å². The van der Waals surface area contributed by atoms with Crippen LogP contribution < -0.4 is 0 Å². The van der Waals surface area contributed by atoms with Crippen molar-refractivity contribution in [1.29, 1.82) is 0 Å².